The SMILES string of the molecule is CC(C)(C)[C](=[W])c1cnc(C(C)(C)C)s1. The Bertz CT molecular complexity index is 366. The average molecular weight is 393 g/mol. The van der Waals surface area contributed by atoms with Crippen molar-refractivity contribution >= 4 is 15.2 Å². The van der Waals surface area contributed by atoms with E-state index < -0.39 is 0 Å². The summed E-state index contributed by atoms with van der Waals surface area (Å²) in [5, 5.41) is 1.24. The molecule has 0 N–H and O–H groups in total. The topological polar surface area (TPSA) is 12.9 Å². The van der Waals surface area contributed by atoms with Crippen molar-refractivity contribution in [1.29, 1.82) is 0 Å². The van der Waals surface area contributed by atoms with Gasteiger partial charge in [0.15, 0.2) is 0 Å². The molecule has 0 saturated carbocycles. The van der Waals surface area contributed by atoms with E-state index in [-0.39, 0.29) is 10.8 Å². The summed E-state index contributed by atoms with van der Waals surface area (Å²) in [5.74, 6) is 0. The molecule has 1 heterocycles. The molecule has 0 saturated heterocycles. The summed E-state index contributed by atoms with van der Waals surface area (Å²) < 4.78 is 1.51. The third-order valence-electron chi connectivity index (χ3n) is 2.05. The number of hydrogen-bond donors (Lipinski definition) is 0. The summed E-state index contributed by atoms with van der Waals surface area (Å²) in [7, 11) is 0. The Morgan fingerprint density at radius 2 is 1.73 bits per heavy atom. The van der Waals surface area contributed by atoms with Gasteiger partial charge in [0, 0.05) is 0 Å². The van der Waals surface area contributed by atoms with Gasteiger partial charge in [-0.25, -0.2) is 0 Å². The Balaban J connectivity index is 3.01. The molecule has 0 aliphatic rings. The Morgan fingerprint density at radius 3 is 2.07 bits per heavy atom. The molecule has 0 spiro atoms. The van der Waals surface area contributed by atoms with Crippen molar-refractivity contribution in [1.82, 2.24) is 4.98 Å². The second kappa shape index (κ2) is 4.22. The number of rotatable bonds is 1. The zero-order valence-corrected chi connectivity index (χ0v) is 14.1. The normalized spacial score (nSPS) is 12.9. The van der Waals surface area contributed by atoms with E-state index in [1.807, 2.05) is 17.5 Å². The van der Waals surface area contributed by atoms with Crippen LogP contribution < -0.4 is 0 Å². The van der Waals surface area contributed by atoms with Gasteiger partial charge in [0.05, 0.1) is 0 Å². The van der Waals surface area contributed by atoms with Crippen LogP contribution in [-0.2, 0) is 24.8 Å². The standard InChI is InChI=1S/C12H19NS.W/c1-11(2,3)7-9-8-13-10(14-9)12(4,5)6;/h8H,1-6H3;. The van der Waals surface area contributed by atoms with Crippen LogP contribution >= 0.6 is 11.3 Å². The van der Waals surface area contributed by atoms with Crippen LogP contribution in [0.4, 0.5) is 0 Å². The van der Waals surface area contributed by atoms with Crippen LogP contribution in [0.5, 0.6) is 0 Å². The van der Waals surface area contributed by atoms with Gasteiger partial charge in [-0.15, -0.1) is 0 Å². The van der Waals surface area contributed by atoms with Crippen LogP contribution in [0.15, 0.2) is 6.20 Å². The fourth-order valence-electron chi connectivity index (χ4n) is 1.10. The minimum absolute atomic E-state index is 0.177. The van der Waals surface area contributed by atoms with Crippen LogP contribution in [0.1, 0.15) is 51.4 Å². The van der Waals surface area contributed by atoms with Crippen molar-refractivity contribution in [2.24, 2.45) is 5.41 Å². The van der Waals surface area contributed by atoms with Crippen molar-refractivity contribution < 1.29 is 19.4 Å². The number of hydrogen-bond acceptors (Lipinski definition) is 2. The van der Waals surface area contributed by atoms with E-state index in [0.29, 0.717) is 0 Å². The molecular formula is C12H19NSW. The molecule has 1 rings (SSSR count). The van der Waals surface area contributed by atoms with Gasteiger partial charge in [-0.2, -0.15) is 0 Å². The van der Waals surface area contributed by atoms with E-state index in [1.54, 1.807) is 19.4 Å². The zero-order valence-electron chi connectivity index (χ0n) is 10.3. The Morgan fingerprint density at radius 1 is 1.20 bits per heavy atom. The molecule has 1 aromatic heterocycles. The van der Waals surface area contributed by atoms with Gasteiger partial charge in [-0.3, -0.25) is 0 Å². The first-order valence-corrected chi connectivity index (χ1v) is 7.42. The molecule has 0 amide bonds. The van der Waals surface area contributed by atoms with Crippen LogP contribution in [-0.4, -0.2) is 8.88 Å². The van der Waals surface area contributed by atoms with Gasteiger partial charge in [0.25, 0.3) is 0 Å². The van der Waals surface area contributed by atoms with Crippen LogP contribution in [0, 0.1) is 5.41 Å². The molecule has 0 aliphatic heterocycles. The quantitative estimate of drug-likeness (QED) is 0.711. The molecule has 1 aromatic rings. The third kappa shape index (κ3) is 3.32. The van der Waals surface area contributed by atoms with Gasteiger partial charge < -0.3 is 0 Å². The third-order valence-corrected chi connectivity index (χ3v) is 7.00. The van der Waals surface area contributed by atoms with Gasteiger partial charge in [-0.1, -0.05) is 0 Å². The van der Waals surface area contributed by atoms with E-state index in [2.05, 4.69) is 46.5 Å². The summed E-state index contributed by atoms with van der Waals surface area (Å²) in [6.45, 7) is 13.5. The molecular weight excluding hydrogens is 374 g/mol. The van der Waals surface area contributed by atoms with Gasteiger partial charge in [0.1, 0.15) is 0 Å². The summed E-state index contributed by atoms with van der Waals surface area (Å²) in [6, 6.07) is 0. The van der Waals surface area contributed by atoms with Crippen molar-refractivity contribution in [3.05, 3.63) is 16.1 Å². The fraction of sp³-hybridized carbons (Fsp3) is 0.667. The van der Waals surface area contributed by atoms with Gasteiger partial charge in [0.2, 0.25) is 0 Å². The average Bonchev–Trinajstić information content (AvgIpc) is 2.47. The molecule has 0 bridgehead atoms. The molecule has 84 valence electrons. The Kier molecular flexibility index (Phi) is 3.73. The fourth-order valence-corrected chi connectivity index (χ4v) is 2.86. The number of nitrogens with zero attached hydrogens (tertiary/aromatic N) is 1. The first-order valence-electron chi connectivity index (χ1n) is 5.13. The maximum absolute atomic E-state index is 4.53. The molecule has 1 nitrogen and oxygen atoms in total. The molecule has 0 aromatic carbocycles. The molecule has 0 fully saturated rings. The van der Waals surface area contributed by atoms with E-state index in [0.717, 1.165) is 0 Å². The molecule has 0 aliphatic carbocycles. The Hall–Kier alpha value is 0.188. The predicted molar refractivity (Wildman–Crippen MR) is 64.4 cm³/mol. The summed E-state index contributed by atoms with van der Waals surface area (Å²) >= 11 is 3.40. The van der Waals surface area contributed by atoms with Crippen molar-refractivity contribution in [2.75, 3.05) is 0 Å². The zero-order chi connectivity index (χ0) is 11.9. The van der Waals surface area contributed by atoms with Crippen LogP contribution in [0.2, 0.25) is 0 Å². The molecule has 0 radical (unpaired) electrons. The Labute approximate surface area is 108 Å². The van der Waals surface area contributed by atoms with Crippen LogP contribution in [0.3, 0.4) is 0 Å². The molecule has 15 heavy (non-hydrogen) atoms. The maximum atomic E-state index is 4.53. The van der Waals surface area contributed by atoms with E-state index in [9.17, 15) is 0 Å². The van der Waals surface area contributed by atoms with Crippen LogP contribution in [0.25, 0.3) is 0 Å². The summed E-state index contributed by atoms with van der Waals surface area (Å²) in [5.41, 5.74) is 0.452. The summed E-state index contributed by atoms with van der Waals surface area (Å²) in [6.07, 6.45) is 2.04. The predicted octanol–water partition coefficient (Wildman–Crippen LogP) is 3.55. The second-order valence-corrected chi connectivity index (χ2v) is 8.36. The van der Waals surface area contributed by atoms with Crippen molar-refractivity contribution in [3.8, 4) is 0 Å². The number of thiazole rings is 1. The van der Waals surface area contributed by atoms with Gasteiger partial charge in [-0.05, 0) is 0 Å². The first-order chi connectivity index (χ1) is 6.62. The monoisotopic (exact) mass is 393 g/mol. The van der Waals surface area contributed by atoms with Crippen molar-refractivity contribution in [2.45, 2.75) is 47.0 Å². The van der Waals surface area contributed by atoms with Gasteiger partial charge >= 0.3 is 108 Å². The van der Waals surface area contributed by atoms with E-state index >= 15 is 0 Å². The number of aromatic nitrogens is 1. The van der Waals surface area contributed by atoms with E-state index in [1.165, 1.54) is 13.8 Å². The second-order valence-electron chi connectivity index (χ2n) is 5.86. The molecule has 0 unspecified atom stereocenters. The minimum atomic E-state index is 0.177. The van der Waals surface area contributed by atoms with E-state index in [4.69, 9.17) is 0 Å². The molecule has 3 heteroatoms. The summed E-state index contributed by atoms with van der Waals surface area (Å²) in [4.78, 5) is 5.90. The van der Waals surface area contributed by atoms with Crippen molar-refractivity contribution in [3.63, 3.8) is 0 Å². The first kappa shape index (κ1) is 13.3. The molecule has 0 atom stereocenters.